The van der Waals surface area contributed by atoms with E-state index in [9.17, 15) is 14.4 Å². The number of aromatic nitrogens is 2. The molecule has 246 valence electrons. The Hall–Kier alpha value is -4.92. The summed E-state index contributed by atoms with van der Waals surface area (Å²) in [6, 6.07) is 21.3. The van der Waals surface area contributed by atoms with Crippen LogP contribution < -0.4 is 4.74 Å². The Morgan fingerprint density at radius 2 is 1.43 bits per heavy atom. The van der Waals surface area contributed by atoms with Gasteiger partial charge in [0.25, 0.3) is 0 Å². The maximum atomic E-state index is 13.8. The van der Waals surface area contributed by atoms with Gasteiger partial charge < -0.3 is 19.1 Å². The Morgan fingerprint density at radius 1 is 0.745 bits per heavy atom. The highest BCUT2D eigenvalue weighted by Gasteiger charge is 2.25. The standard InChI is InChI=1S/C38H43N3O6/c1-37(2,3)46-35(43)40-18-16-28-13-12-27(20-30(28)17-19-40)21-33(42)32-15-14-29(22-34(32)45-25-26-10-8-7-9-11-26)31-23-39-41(24-31)36(44)47-38(4,5)6/h7-15,20,22-24H,16-19,21,25H2,1-6H3. The number of carbonyl (C=O) groups excluding carboxylic acids is 3. The van der Waals surface area contributed by atoms with Crippen LogP contribution in [0.3, 0.4) is 0 Å². The number of fused-ring (bicyclic) bond motifs is 1. The summed E-state index contributed by atoms with van der Waals surface area (Å²) in [4.78, 5) is 40.8. The van der Waals surface area contributed by atoms with Gasteiger partial charge in [0.15, 0.2) is 5.78 Å². The van der Waals surface area contributed by atoms with Gasteiger partial charge in [0.1, 0.15) is 23.6 Å². The SMILES string of the molecule is CC(C)(C)OC(=O)N1CCc2ccc(CC(=O)c3ccc(-c4cnn(C(=O)OC(C)(C)C)c4)cc3OCc3ccccc3)cc2CC1. The average molecular weight is 638 g/mol. The third-order valence-electron chi connectivity index (χ3n) is 7.60. The predicted molar refractivity (Wildman–Crippen MR) is 180 cm³/mol. The average Bonchev–Trinajstić information content (AvgIpc) is 3.41. The number of amides is 1. The molecule has 0 atom stereocenters. The van der Waals surface area contributed by atoms with E-state index < -0.39 is 17.3 Å². The second kappa shape index (κ2) is 13.8. The van der Waals surface area contributed by atoms with Gasteiger partial charge in [0.05, 0.1) is 11.8 Å². The third-order valence-corrected chi connectivity index (χ3v) is 7.60. The molecule has 0 saturated heterocycles. The minimum atomic E-state index is -0.651. The predicted octanol–water partition coefficient (Wildman–Crippen LogP) is 7.67. The van der Waals surface area contributed by atoms with Crippen molar-refractivity contribution in [2.45, 2.75) is 78.6 Å². The molecule has 1 aliphatic rings. The summed E-state index contributed by atoms with van der Waals surface area (Å²) < 4.78 is 18.4. The van der Waals surface area contributed by atoms with E-state index in [0.717, 1.165) is 33.4 Å². The fraction of sp³-hybridized carbons (Fsp3) is 0.368. The van der Waals surface area contributed by atoms with Gasteiger partial charge in [0.2, 0.25) is 0 Å². The second-order valence-corrected chi connectivity index (χ2v) is 13.8. The van der Waals surface area contributed by atoms with E-state index in [2.05, 4.69) is 17.2 Å². The largest absolute Gasteiger partial charge is 0.488 e. The molecule has 1 aliphatic heterocycles. The lowest BCUT2D eigenvalue weighted by molar-refractivity contribution is 0.0258. The lowest BCUT2D eigenvalue weighted by atomic mass is 9.95. The Labute approximate surface area is 276 Å². The summed E-state index contributed by atoms with van der Waals surface area (Å²) in [5.41, 5.74) is 4.89. The number of ether oxygens (including phenoxy) is 3. The highest BCUT2D eigenvalue weighted by atomic mass is 16.6. The maximum Gasteiger partial charge on any atom is 0.435 e. The molecule has 4 aromatic rings. The Morgan fingerprint density at radius 3 is 2.13 bits per heavy atom. The van der Waals surface area contributed by atoms with Crippen LogP contribution in [0.25, 0.3) is 11.1 Å². The van der Waals surface area contributed by atoms with Crippen LogP contribution in [0.15, 0.2) is 79.1 Å². The van der Waals surface area contributed by atoms with Gasteiger partial charge in [-0.3, -0.25) is 4.79 Å². The number of rotatable bonds is 7. The molecule has 0 spiro atoms. The van der Waals surface area contributed by atoms with Gasteiger partial charge in [-0.05, 0) is 94.3 Å². The molecule has 3 aromatic carbocycles. The molecule has 1 amide bonds. The van der Waals surface area contributed by atoms with Crippen LogP contribution in [0.5, 0.6) is 5.75 Å². The number of ketones is 1. The van der Waals surface area contributed by atoms with Crippen molar-refractivity contribution in [3.63, 3.8) is 0 Å². The topological polar surface area (TPSA) is 100.0 Å². The molecule has 9 heteroatoms. The number of hydrogen-bond donors (Lipinski definition) is 0. The number of hydrogen-bond acceptors (Lipinski definition) is 7. The fourth-order valence-corrected chi connectivity index (χ4v) is 5.35. The summed E-state index contributed by atoms with van der Waals surface area (Å²) in [5, 5.41) is 4.19. The zero-order valence-electron chi connectivity index (χ0n) is 28.0. The van der Waals surface area contributed by atoms with Gasteiger partial charge in [0, 0.05) is 31.3 Å². The smallest absolute Gasteiger partial charge is 0.435 e. The first-order chi connectivity index (χ1) is 22.2. The van der Waals surface area contributed by atoms with Crippen molar-refractivity contribution in [2.24, 2.45) is 0 Å². The zero-order chi connectivity index (χ0) is 33.8. The Balaban J connectivity index is 1.35. The first-order valence-electron chi connectivity index (χ1n) is 15.9. The van der Waals surface area contributed by atoms with Gasteiger partial charge >= 0.3 is 12.2 Å². The van der Waals surface area contributed by atoms with Crippen molar-refractivity contribution in [3.05, 3.63) is 107 Å². The van der Waals surface area contributed by atoms with Crippen LogP contribution in [0.2, 0.25) is 0 Å². The van der Waals surface area contributed by atoms with Crippen LogP contribution >= 0.6 is 0 Å². The van der Waals surface area contributed by atoms with E-state index in [0.29, 0.717) is 36.4 Å². The molecular formula is C38H43N3O6. The highest BCUT2D eigenvalue weighted by Crippen LogP contribution is 2.30. The van der Waals surface area contributed by atoms with Crippen LogP contribution in [-0.4, -0.2) is 56.9 Å². The van der Waals surface area contributed by atoms with E-state index in [4.69, 9.17) is 14.2 Å². The van der Waals surface area contributed by atoms with Crippen molar-refractivity contribution in [2.75, 3.05) is 13.1 Å². The molecule has 0 aliphatic carbocycles. The normalized spacial score (nSPS) is 13.4. The quantitative estimate of drug-likeness (QED) is 0.192. The van der Waals surface area contributed by atoms with E-state index in [1.807, 2.05) is 69.3 Å². The molecule has 0 saturated carbocycles. The second-order valence-electron chi connectivity index (χ2n) is 13.8. The molecule has 0 unspecified atom stereocenters. The van der Waals surface area contributed by atoms with Crippen molar-refractivity contribution < 1.29 is 28.6 Å². The molecule has 0 fully saturated rings. The van der Waals surface area contributed by atoms with Gasteiger partial charge in [-0.15, -0.1) is 0 Å². The summed E-state index contributed by atoms with van der Waals surface area (Å²) in [7, 11) is 0. The van der Waals surface area contributed by atoms with Gasteiger partial charge in [-0.25, -0.2) is 9.59 Å². The van der Waals surface area contributed by atoms with E-state index in [1.54, 1.807) is 44.1 Å². The molecule has 5 rings (SSSR count). The summed E-state index contributed by atoms with van der Waals surface area (Å²) >= 11 is 0. The van der Waals surface area contributed by atoms with Crippen LogP contribution in [0.1, 0.15) is 74.2 Å². The highest BCUT2D eigenvalue weighted by molar-refractivity contribution is 6.00. The van der Waals surface area contributed by atoms with Crippen molar-refractivity contribution in [3.8, 4) is 16.9 Å². The summed E-state index contributed by atoms with van der Waals surface area (Å²) in [5.74, 6) is 0.372. The number of benzene rings is 3. The molecule has 2 heterocycles. The molecule has 47 heavy (non-hydrogen) atoms. The van der Waals surface area contributed by atoms with Crippen LogP contribution in [0, 0.1) is 0 Å². The first kappa shape index (κ1) is 33.4. The molecule has 0 N–H and O–H groups in total. The summed E-state index contributed by atoms with van der Waals surface area (Å²) in [6.07, 6.45) is 3.92. The van der Waals surface area contributed by atoms with Crippen LogP contribution in [0.4, 0.5) is 9.59 Å². The molecule has 1 aromatic heterocycles. The van der Waals surface area contributed by atoms with Gasteiger partial charge in [-0.1, -0.05) is 54.6 Å². The molecule has 0 radical (unpaired) electrons. The number of nitrogens with zero attached hydrogens (tertiary/aromatic N) is 3. The number of Topliss-reactive ketones (excluding diaryl/α,β-unsaturated/α-hetero) is 1. The lowest BCUT2D eigenvalue weighted by Gasteiger charge is -2.26. The zero-order valence-corrected chi connectivity index (χ0v) is 28.0. The van der Waals surface area contributed by atoms with Crippen LogP contribution in [-0.2, 0) is 35.3 Å². The Bertz CT molecular complexity index is 1750. The van der Waals surface area contributed by atoms with Gasteiger partial charge in [-0.2, -0.15) is 9.78 Å². The molecule has 0 bridgehead atoms. The molecular weight excluding hydrogens is 594 g/mol. The number of carbonyl (C=O) groups is 3. The van der Waals surface area contributed by atoms with Crippen molar-refractivity contribution >= 4 is 18.0 Å². The Kier molecular flexibility index (Phi) is 9.84. The fourth-order valence-electron chi connectivity index (χ4n) is 5.35. The lowest BCUT2D eigenvalue weighted by Crippen LogP contribution is -2.38. The maximum absolute atomic E-state index is 13.8. The monoisotopic (exact) mass is 637 g/mol. The van der Waals surface area contributed by atoms with E-state index >= 15 is 0 Å². The molecule has 9 nitrogen and oxygen atoms in total. The van der Waals surface area contributed by atoms with E-state index in [-0.39, 0.29) is 24.9 Å². The minimum absolute atomic E-state index is 0.0759. The van der Waals surface area contributed by atoms with Crippen molar-refractivity contribution in [1.82, 2.24) is 14.7 Å². The summed E-state index contributed by atoms with van der Waals surface area (Å²) in [6.45, 7) is 12.4. The third kappa shape index (κ3) is 9.09. The minimum Gasteiger partial charge on any atom is -0.488 e. The van der Waals surface area contributed by atoms with Crippen molar-refractivity contribution in [1.29, 1.82) is 0 Å². The van der Waals surface area contributed by atoms with E-state index in [1.165, 1.54) is 5.56 Å². The first-order valence-corrected chi connectivity index (χ1v) is 15.9.